The Balaban J connectivity index is 2.36. The van der Waals surface area contributed by atoms with Gasteiger partial charge in [-0.3, -0.25) is 0 Å². The quantitative estimate of drug-likeness (QED) is 0.342. The van der Waals surface area contributed by atoms with Gasteiger partial charge in [-0.15, -0.1) is 0 Å². The number of ether oxygens (including phenoxy) is 2. The lowest BCUT2D eigenvalue weighted by Crippen LogP contribution is -2.38. The van der Waals surface area contributed by atoms with Gasteiger partial charge in [0.25, 0.3) is 0 Å². The summed E-state index contributed by atoms with van der Waals surface area (Å²) in [5.41, 5.74) is 2.53. The van der Waals surface area contributed by atoms with E-state index in [1.165, 1.54) is 11.1 Å². The number of nitrogens with one attached hydrogen (secondary N) is 2. The molecule has 0 saturated carbocycles. The van der Waals surface area contributed by atoms with Crippen LogP contribution in [-0.4, -0.2) is 65.0 Å². The van der Waals surface area contributed by atoms with Crippen LogP contribution >= 0.6 is 0 Å². The van der Waals surface area contributed by atoms with Crippen LogP contribution < -0.4 is 10.6 Å². The fourth-order valence-corrected chi connectivity index (χ4v) is 2.25. The van der Waals surface area contributed by atoms with Crippen LogP contribution in [-0.2, 0) is 22.6 Å². The lowest BCUT2D eigenvalue weighted by atomic mass is 10.1. The highest BCUT2D eigenvalue weighted by atomic mass is 16.5. The SMILES string of the molecule is CCNC(=NCc1ccc(CN(C)C)cc1)NCCCOCCOC. The summed E-state index contributed by atoms with van der Waals surface area (Å²) >= 11 is 0. The van der Waals surface area contributed by atoms with Gasteiger partial charge in [0.05, 0.1) is 19.8 Å². The fraction of sp³-hybridized carbons (Fsp3) is 0.632. The summed E-state index contributed by atoms with van der Waals surface area (Å²) in [6, 6.07) is 8.64. The van der Waals surface area contributed by atoms with Crippen molar-refractivity contribution < 1.29 is 9.47 Å². The van der Waals surface area contributed by atoms with E-state index in [4.69, 9.17) is 9.47 Å². The number of hydrogen-bond acceptors (Lipinski definition) is 4. The number of hydrogen-bond donors (Lipinski definition) is 2. The molecule has 6 heteroatoms. The average Bonchev–Trinajstić information content (AvgIpc) is 2.59. The second kappa shape index (κ2) is 13.6. The molecule has 0 fully saturated rings. The van der Waals surface area contributed by atoms with Crippen molar-refractivity contribution in [1.82, 2.24) is 15.5 Å². The minimum atomic E-state index is 0.644. The summed E-state index contributed by atoms with van der Waals surface area (Å²) in [7, 11) is 5.84. The third-order valence-corrected chi connectivity index (χ3v) is 3.48. The second-order valence-corrected chi connectivity index (χ2v) is 6.13. The number of rotatable bonds is 12. The van der Waals surface area contributed by atoms with Crippen LogP contribution in [0.15, 0.2) is 29.3 Å². The van der Waals surface area contributed by atoms with Crippen molar-refractivity contribution in [3.05, 3.63) is 35.4 Å². The van der Waals surface area contributed by atoms with Gasteiger partial charge in [0.15, 0.2) is 5.96 Å². The Morgan fingerprint density at radius 2 is 1.76 bits per heavy atom. The van der Waals surface area contributed by atoms with Gasteiger partial charge in [-0.1, -0.05) is 24.3 Å². The maximum atomic E-state index is 5.45. The van der Waals surface area contributed by atoms with E-state index in [-0.39, 0.29) is 0 Å². The molecule has 0 heterocycles. The molecular formula is C19H34N4O2. The van der Waals surface area contributed by atoms with Crippen molar-refractivity contribution in [2.75, 3.05) is 54.1 Å². The Hall–Kier alpha value is -1.63. The van der Waals surface area contributed by atoms with Gasteiger partial charge in [-0.05, 0) is 38.6 Å². The summed E-state index contributed by atoms with van der Waals surface area (Å²) in [5.74, 6) is 0.844. The number of aliphatic imine (C=N–C) groups is 1. The smallest absolute Gasteiger partial charge is 0.191 e. The van der Waals surface area contributed by atoms with Gasteiger partial charge in [0.1, 0.15) is 0 Å². The second-order valence-electron chi connectivity index (χ2n) is 6.13. The van der Waals surface area contributed by atoms with Crippen LogP contribution in [0.4, 0.5) is 0 Å². The molecule has 0 aliphatic rings. The van der Waals surface area contributed by atoms with Gasteiger partial charge in [0.2, 0.25) is 0 Å². The van der Waals surface area contributed by atoms with Crippen molar-refractivity contribution in [2.45, 2.75) is 26.4 Å². The van der Waals surface area contributed by atoms with E-state index < -0.39 is 0 Å². The fourth-order valence-electron chi connectivity index (χ4n) is 2.25. The molecule has 0 unspecified atom stereocenters. The Bertz CT molecular complexity index is 475. The van der Waals surface area contributed by atoms with Gasteiger partial charge in [0, 0.05) is 33.4 Å². The Morgan fingerprint density at radius 1 is 1.04 bits per heavy atom. The average molecular weight is 351 g/mol. The number of methoxy groups -OCH3 is 1. The molecule has 142 valence electrons. The maximum Gasteiger partial charge on any atom is 0.191 e. The van der Waals surface area contributed by atoms with E-state index in [9.17, 15) is 0 Å². The molecule has 0 radical (unpaired) electrons. The third kappa shape index (κ3) is 10.8. The molecule has 0 atom stereocenters. The van der Waals surface area contributed by atoms with E-state index in [0.717, 1.165) is 38.6 Å². The molecule has 0 bridgehead atoms. The summed E-state index contributed by atoms with van der Waals surface area (Å²) in [6.45, 7) is 7.39. The predicted molar refractivity (Wildman–Crippen MR) is 104 cm³/mol. The largest absolute Gasteiger partial charge is 0.382 e. The van der Waals surface area contributed by atoms with Crippen LogP contribution in [0, 0.1) is 0 Å². The zero-order chi connectivity index (χ0) is 18.3. The molecule has 0 aliphatic carbocycles. The van der Waals surface area contributed by atoms with Crippen molar-refractivity contribution >= 4 is 5.96 Å². The highest BCUT2D eigenvalue weighted by molar-refractivity contribution is 5.79. The maximum absolute atomic E-state index is 5.45. The van der Waals surface area contributed by atoms with E-state index in [0.29, 0.717) is 19.8 Å². The van der Waals surface area contributed by atoms with Crippen LogP contribution in [0.1, 0.15) is 24.5 Å². The summed E-state index contributed by atoms with van der Waals surface area (Å²) in [5, 5.41) is 6.61. The molecule has 0 saturated heterocycles. The van der Waals surface area contributed by atoms with Gasteiger partial charge in [-0.25, -0.2) is 4.99 Å². The van der Waals surface area contributed by atoms with Crippen molar-refractivity contribution in [3.63, 3.8) is 0 Å². The zero-order valence-electron chi connectivity index (χ0n) is 16.2. The standard InChI is InChI=1S/C19H34N4O2/c1-5-20-19(21-11-6-12-25-14-13-24-4)22-15-17-7-9-18(10-8-17)16-23(2)3/h7-10H,5-6,11-16H2,1-4H3,(H2,20,21,22). The molecular weight excluding hydrogens is 316 g/mol. The monoisotopic (exact) mass is 350 g/mol. The molecule has 1 aromatic rings. The molecule has 0 spiro atoms. The molecule has 1 rings (SSSR count). The third-order valence-electron chi connectivity index (χ3n) is 3.48. The number of guanidine groups is 1. The molecule has 0 aliphatic heterocycles. The van der Waals surface area contributed by atoms with Gasteiger partial charge in [-0.2, -0.15) is 0 Å². The van der Waals surface area contributed by atoms with Crippen LogP contribution in [0.25, 0.3) is 0 Å². The summed E-state index contributed by atoms with van der Waals surface area (Å²) in [4.78, 5) is 6.81. The minimum absolute atomic E-state index is 0.644. The van der Waals surface area contributed by atoms with Gasteiger partial charge >= 0.3 is 0 Å². The normalized spacial score (nSPS) is 11.8. The lowest BCUT2D eigenvalue weighted by Gasteiger charge is -2.12. The van der Waals surface area contributed by atoms with Crippen molar-refractivity contribution in [1.29, 1.82) is 0 Å². The molecule has 2 N–H and O–H groups in total. The van der Waals surface area contributed by atoms with Crippen molar-refractivity contribution in [2.24, 2.45) is 4.99 Å². The van der Waals surface area contributed by atoms with Crippen LogP contribution in [0.3, 0.4) is 0 Å². The van der Waals surface area contributed by atoms with E-state index in [1.54, 1.807) is 7.11 Å². The van der Waals surface area contributed by atoms with Crippen LogP contribution in [0.5, 0.6) is 0 Å². The first kappa shape index (κ1) is 21.4. The Kier molecular flexibility index (Phi) is 11.7. The Labute approximate surface area is 152 Å². The molecule has 6 nitrogen and oxygen atoms in total. The first-order valence-corrected chi connectivity index (χ1v) is 8.97. The first-order chi connectivity index (χ1) is 12.2. The molecule has 1 aromatic carbocycles. The zero-order valence-corrected chi connectivity index (χ0v) is 16.2. The molecule has 0 aromatic heterocycles. The van der Waals surface area contributed by atoms with E-state index in [1.807, 2.05) is 0 Å². The van der Waals surface area contributed by atoms with E-state index >= 15 is 0 Å². The first-order valence-electron chi connectivity index (χ1n) is 8.97. The topological polar surface area (TPSA) is 58.1 Å². The van der Waals surface area contributed by atoms with E-state index in [2.05, 4.69) is 65.8 Å². The predicted octanol–water partition coefficient (Wildman–Crippen LogP) is 1.86. The number of benzene rings is 1. The molecule has 25 heavy (non-hydrogen) atoms. The Morgan fingerprint density at radius 3 is 2.40 bits per heavy atom. The highest BCUT2D eigenvalue weighted by Gasteiger charge is 1.99. The number of nitrogens with zero attached hydrogens (tertiary/aromatic N) is 2. The van der Waals surface area contributed by atoms with Crippen LogP contribution in [0.2, 0.25) is 0 Å². The van der Waals surface area contributed by atoms with Gasteiger partial charge < -0.3 is 25.0 Å². The lowest BCUT2D eigenvalue weighted by molar-refractivity contribution is 0.0698. The van der Waals surface area contributed by atoms with Crippen molar-refractivity contribution in [3.8, 4) is 0 Å². The highest BCUT2D eigenvalue weighted by Crippen LogP contribution is 2.07. The summed E-state index contributed by atoms with van der Waals surface area (Å²) in [6.07, 6.45) is 0.938. The summed E-state index contributed by atoms with van der Waals surface area (Å²) < 4.78 is 10.4. The minimum Gasteiger partial charge on any atom is -0.382 e. The molecule has 0 amide bonds.